The molecular weight excluding hydrogens is 406 g/mol. The van der Waals surface area contributed by atoms with Crippen LogP contribution in [0.2, 0.25) is 0 Å². The topological polar surface area (TPSA) is 99.2 Å². The summed E-state index contributed by atoms with van der Waals surface area (Å²) in [4.78, 5) is 17.8. The van der Waals surface area contributed by atoms with Crippen molar-refractivity contribution in [1.82, 2.24) is 30.1 Å². The number of amides is 1. The average molecular weight is 434 g/mol. The number of carbonyl (C=O) groups is 1. The van der Waals surface area contributed by atoms with Crippen molar-refractivity contribution in [2.45, 2.75) is 33.2 Å². The van der Waals surface area contributed by atoms with Crippen LogP contribution in [-0.4, -0.2) is 44.5 Å². The van der Waals surface area contributed by atoms with E-state index in [1.165, 1.54) is 4.80 Å². The van der Waals surface area contributed by atoms with Crippen molar-refractivity contribution in [2.24, 2.45) is 18.0 Å². The normalized spacial score (nSPS) is 13.8. The summed E-state index contributed by atoms with van der Waals surface area (Å²) in [7, 11) is 3.35. The van der Waals surface area contributed by atoms with E-state index in [4.69, 9.17) is 4.74 Å². The first-order valence-electron chi connectivity index (χ1n) is 10.6. The largest absolute Gasteiger partial charge is 0.495 e. The molecule has 0 saturated heterocycles. The number of hydrogen-bond donors (Lipinski definition) is 1. The number of aromatic nitrogens is 5. The molecule has 3 aromatic rings. The Hall–Kier alpha value is -3.75. The molecule has 0 spiro atoms. The van der Waals surface area contributed by atoms with Gasteiger partial charge in [-0.3, -0.25) is 4.79 Å². The first kappa shape index (κ1) is 21.5. The van der Waals surface area contributed by atoms with Gasteiger partial charge in [0, 0.05) is 41.0 Å². The zero-order valence-corrected chi connectivity index (χ0v) is 18.8. The molecule has 32 heavy (non-hydrogen) atoms. The molecule has 166 valence electrons. The molecule has 1 N–H and O–H groups in total. The Morgan fingerprint density at radius 1 is 1.34 bits per heavy atom. The summed E-state index contributed by atoms with van der Waals surface area (Å²) in [5, 5.41) is 15.3. The molecule has 0 unspecified atom stereocenters. The van der Waals surface area contributed by atoms with Crippen molar-refractivity contribution in [3.05, 3.63) is 41.5 Å². The predicted octanol–water partition coefficient (Wildman–Crippen LogP) is 3.21. The third-order valence-corrected chi connectivity index (χ3v) is 5.65. The molecule has 1 amide bonds. The van der Waals surface area contributed by atoms with Gasteiger partial charge in [0.25, 0.3) is 0 Å². The van der Waals surface area contributed by atoms with Crippen molar-refractivity contribution in [3.8, 4) is 28.3 Å². The van der Waals surface area contributed by atoms with Crippen LogP contribution in [0.3, 0.4) is 0 Å². The van der Waals surface area contributed by atoms with Crippen molar-refractivity contribution >= 4 is 18.7 Å². The number of rotatable bonds is 8. The number of ether oxygens (including phenoxy) is 1. The zero-order valence-electron chi connectivity index (χ0n) is 18.8. The molecule has 2 heterocycles. The minimum Gasteiger partial charge on any atom is -0.495 e. The summed E-state index contributed by atoms with van der Waals surface area (Å²) in [5.41, 5.74) is 4.58. The first-order valence-corrected chi connectivity index (χ1v) is 10.6. The van der Waals surface area contributed by atoms with Crippen LogP contribution in [0.25, 0.3) is 28.6 Å². The number of hydrogen-bond acceptors (Lipinski definition) is 6. The number of nitrogens with zero attached hydrogens (tertiary/aromatic N) is 6. The highest BCUT2D eigenvalue weighted by Crippen LogP contribution is 2.41. The molecule has 0 aliphatic heterocycles. The van der Waals surface area contributed by atoms with E-state index in [0.717, 1.165) is 47.3 Å². The van der Waals surface area contributed by atoms with Crippen LogP contribution in [-0.2, 0) is 18.4 Å². The molecule has 0 bridgehead atoms. The second kappa shape index (κ2) is 8.78. The molecule has 9 heteroatoms. The van der Waals surface area contributed by atoms with E-state index >= 15 is 0 Å². The fourth-order valence-corrected chi connectivity index (χ4v) is 3.77. The molecule has 9 nitrogen and oxygen atoms in total. The van der Waals surface area contributed by atoms with E-state index < -0.39 is 0 Å². The average Bonchev–Trinajstić information content (AvgIpc) is 3.50. The summed E-state index contributed by atoms with van der Waals surface area (Å²) in [6.45, 7) is 8.58. The number of aliphatic imine (C=N–C) groups is 1. The molecule has 1 aromatic carbocycles. The number of carbonyl (C=O) groups excluding carboxylic acids is 1. The Balaban J connectivity index is 1.85. The standard InChI is InChI=1S/C23H27N7O2/c1-6-30-13-19(18(14(30)2)12-20(24-3)25-23(31)15-10-11-15)16-8-7-9-17(21(16)32-5)22-26-28-29(4)27-22/h7-9,12-13,15H,3,6,10-11H2,1-2,4-5H3,(H,25,31)/b20-12+. The van der Waals surface area contributed by atoms with Crippen molar-refractivity contribution in [2.75, 3.05) is 7.11 Å². The van der Waals surface area contributed by atoms with Crippen molar-refractivity contribution in [1.29, 1.82) is 0 Å². The van der Waals surface area contributed by atoms with Gasteiger partial charge in [-0.05, 0) is 50.8 Å². The maximum absolute atomic E-state index is 12.3. The highest BCUT2D eigenvalue weighted by Gasteiger charge is 2.30. The Morgan fingerprint density at radius 3 is 2.69 bits per heavy atom. The van der Waals surface area contributed by atoms with E-state index in [0.29, 0.717) is 17.4 Å². The quantitative estimate of drug-likeness (QED) is 0.550. The number of nitrogens with one attached hydrogen (secondary N) is 1. The fraction of sp³-hybridized carbons (Fsp3) is 0.348. The second-order valence-corrected chi connectivity index (χ2v) is 7.77. The Bertz CT molecular complexity index is 1200. The van der Waals surface area contributed by atoms with E-state index in [2.05, 4.69) is 50.1 Å². The molecule has 1 fully saturated rings. The maximum atomic E-state index is 12.3. The van der Waals surface area contributed by atoms with Crippen LogP contribution in [0.15, 0.2) is 35.2 Å². The van der Waals surface area contributed by atoms with Gasteiger partial charge >= 0.3 is 0 Å². The summed E-state index contributed by atoms with van der Waals surface area (Å²) < 4.78 is 7.97. The van der Waals surface area contributed by atoms with Crippen LogP contribution in [0.5, 0.6) is 5.75 Å². The summed E-state index contributed by atoms with van der Waals surface area (Å²) in [6.07, 6.45) is 5.80. The maximum Gasteiger partial charge on any atom is 0.228 e. The number of aryl methyl sites for hydroxylation is 2. The lowest BCUT2D eigenvalue weighted by atomic mass is 9.98. The minimum absolute atomic E-state index is 0.00826. The predicted molar refractivity (Wildman–Crippen MR) is 123 cm³/mol. The van der Waals surface area contributed by atoms with Gasteiger partial charge in [0.1, 0.15) is 11.6 Å². The third-order valence-electron chi connectivity index (χ3n) is 5.65. The zero-order chi connectivity index (χ0) is 22.8. The second-order valence-electron chi connectivity index (χ2n) is 7.77. The minimum atomic E-state index is -0.00826. The number of tetrazole rings is 1. The summed E-state index contributed by atoms with van der Waals surface area (Å²) in [5.74, 6) is 1.65. The lowest BCUT2D eigenvalue weighted by Gasteiger charge is -2.12. The van der Waals surface area contributed by atoms with Gasteiger partial charge in [-0.1, -0.05) is 12.1 Å². The first-order chi connectivity index (χ1) is 15.5. The SMILES string of the molecule is C=N/C(=C\c1c(-c2cccc(-c3nnn(C)n3)c2OC)cn(CC)c1C)NC(=O)C1CC1. The van der Waals surface area contributed by atoms with Crippen LogP contribution in [0, 0.1) is 12.8 Å². The Morgan fingerprint density at radius 2 is 2.09 bits per heavy atom. The van der Waals surface area contributed by atoms with Gasteiger partial charge in [-0.2, -0.15) is 4.80 Å². The molecular formula is C23H27N7O2. The van der Waals surface area contributed by atoms with Gasteiger partial charge in [0.15, 0.2) is 0 Å². The van der Waals surface area contributed by atoms with Gasteiger partial charge < -0.3 is 14.6 Å². The van der Waals surface area contributed by atoms with E-state index in [-0.39, 0.29) is 11.8 Å². The van der Waals surface area contributed by atoms with Gasteiger partial charge in [0.05, 0.1) is 19.7 Å². The molecule has 4 rings (SSSR count). The molecule has 1 aliphatic rings. The van der Waals surface area contributed by atoms with Crippen LogP contribution >= 0.6 is 0 Å². The molecule has 1 aliphatic carbocycles. The Labute approximate surface area is 186 Å². The lowest BCUT2D eigenvalue weighted by Crippen LogP contribution is -2.23. The third kappa shape index (κ3) is 4.05. The molecule has 2 aromatic heterocycles. The summed E-state index contributed by atoms with van der Waals surface area (Å²) in [6, 6.07) is 5.84. The lowest BCUT2D eigenvalue weighted by molar-refractivity contribution is -0.121. The Kier molecular flexibility index (Phi) is 5.89. The van der Waals surface area contributed by atoms with Gasteiger partial charge in [-0.15, -0.1) is 10.2 Å². The number of benzene rings is 1. The van der Waals surface area contributed by atoms with Crippen LogP contribution < -0.4 is 10.1 Å². The monoisotopic (exact) mass is 433 g/mol. The number of methoxy groups -OCH3 is 1. The highest BCUT2D eigenvalue weighted by atomic mass is 16.5. The number of para-hydroxylation sites is 1. The van der Waals surface area contributed by atoms with E-state index in [1.807, 2.05) is 31.2 Å². The van der Waals surface area contributed by atoms with E-state index in [1.54, 1.807) is 14.2 Å². The highest BCUT2D eigenvalue weighted by molar-refractivity contribution is 5.87. The van der Waals surface area contributed by atoms with Gasteiger partial charge in [0.2, 0.25) is 11.7 Å². The van der Waals surface area contributed by atoms with Crippen molar-refractivity contribution < 1.29 is 9.53 Å². The fourth-order valence-electron chi connectivity index (χ4n) is 3.77. The molecule has 0 radical (unpaired) electrons. The van der Waals surface area contributed by atoms with Crippen molar-refractivity contribution in [3.63, 3.8) is 0 Å². The summed E-state index contributed by atoms with van der Waals surface area (Å²) >= 11 is 0. The molecule has 1 saturated carbocycles. The van der Waals surface area contributed by atoms with E-state index in [9.17, 15) is 4.79 Å². The van der Waals surface area contributed by atoms with Crippen LogP contribution in [0.1, 0.15) is 31.0 Å². The smallest absolute Gasteiger partial charge is 0.228 e. The van der Waals surface area contributed by atoms with Gasteiger partial charge in [-0.25, -0.2) is 4.99 Å². The molecule has 0 atom stereocenters. The van der Waals surface area contributed by atoms with Crippen LogP contribution in [0.4, 0.5) is 0 Å².